The molecule has 1 heterocycles. The molecule has 1 saturated heterocycles. The second-order valence-electron chi connectivity index (χ2n) is 7.64. The third-order valence-electron chi connectivity index (χ3n) is 3.54. The maximum atomic E-state index is 11.8. The quantitative estimate of drug-likeness (QED) is 0.403. The van der Waals surface area contributed by atoms with E-state index < -0.39 is 0 Å². The summed E-state index contributed by atoms with van der Waals surface area (Å²) in [6, 6.07) is 0.284. The van der Waals surface area contributed by atoms with E-state index in [2.05, 4.69) is 49.8 Å². The van der Waals surface area contributed by atoms with Gasteiger partial charge in [-0.15, -0.1) is 24.0 Å². The molecular formula is C17H35IN4O2. The number of hydrogen-bond donors (Lipinski definition) is 1. The first-order chi connectivity index (χ1) is 10.6. The van der Waals surface area contributed by atoms with Crippen LogP contribution in [0.25, 0.3) is 0 Å². The number of ether oxygens (including phenoxy) is 1. The highest BCUT2D eigenvalue weighted by atomic mass is 127. The maximum absolute atomic E-state index is 11.8. The molecule has 0 spiro atoms. The van der Waals surface area contributed by atoms with Gasteiger partial charge in [0.05, 0.1) is 11.7 Å². The smallest absolute Gasteiger partial charge is 0.243 e. The molecule has 0 aromatic heterocycles. The summed E-state index contributed by atoms with van der Waals surface area (Å²) in [5.74, 6) is 0.836. The van der Waals surface area contributed by atoms with Crippen LogP contribution in [0.5, 0.6) is 0 Å². The summed E-state index contributed by atoms with van der Waals surface area (Å²) >= 11 is 0. The molecule has 0 unspecified atom stereocenters. The first-order valence-electron chi connectivity index (χ1n) is 8.52. The second kappa shape index (κ2) is 10.4. The minimum Gasteiger partial charge on any atom is -0.372 e. The number of likely N-dealkylation sites (tertiary alicyclic amines) is 1. The van der Waals surface area contributed by atoms with Gasteiger partial charge < -0.3 is 19.9 Å². The van der Waals surface area contributed by atoms with Crippen LogP contribution in [0.2, 0.25) is 0 Å². The number of piperidine rings is 1. The molecule has 0 aromatic rings. The maximum Gasteiger partial charge on any atom is 0.243 e. The third-order valence-corrected chi connectivity index (χ3v) is 3.54. The van der Waals surface area contributed by atoms with Crippen molar-refractivity contribution in [3.05, 3.63) is 0 Å². The van der Waals surface area contributed by atoms with Crippen molar-refractivity contribution >= 4 is 35.8 Å². The van der Waals surface area contributed by atoms with Gasteiger partial charge in [0.2, 0.25) is 5.91 Å². The van der Waals surface area contributed by atoms with Crippen molar-refractivity contribution in [2.45, 2.75) is 65.2 Å². The Morgan fingerprint density at radius 3 is 2.25 bits per heavy atom. The number of carbonyl (C=O) groups excluding carboxylic acids is 1. The standard InChI is InChI=1S/C17H34N4O2.HI/c1-13(2)19-16(18-12-15(22)20(6)7)21-10-8-14(9-11-21)23-17(3,4)5;/h13-14H,8-12H2,1-7H3,(H,18,19);1H. The highest BCUT2D eigenvalue weighted by Gasteiger charge is 2.26. The highest BCUT2D eigenvalue weighted by molar-refractivity contribution is 14.0. The number of carbonyl (C=O) groups is 1. The van der Waals surface area contributed by atoms with Crippen molar-refractivity contribution in [3.63, 3.8) is 0 Å². The zero-order chi connectivity index (χ0) is 17.6. The lowest BCUT2D eigenvalue weighted by Gasteiger charge is -2.37. The van der Waals surface area contributed by atoms with E-state index in [0.29, 0.717) is 6.10 Å². The average Bonchev–Trinajstić information content (AvgIpc) is 2.41. The summed E-state index contributed by atoms with van der Waals surface area (Å²) in [6.07, 6.45) is 2.27. The summed E-state index contributed by atoms with van der Waals surface area (Å²) in [5, 5.41) is 3.37. The fourth-order valence-electron chi connectivity index (χ4n) is 2.46. The number of halogens is 1. The van der Waals surface area contributed by atoms with Crippen molar-refractivity contribution in [2.24, 2.45) is 4.99 Å². The van der Waals surface area contributed by atoms with Crippen molar-refractivity contribution < 1.29 is 9.53 Å². The fraction of sp³-hybridized carbons (Fsp3) is 0.882. The first-order valence-corrected chi connectivity index (χ1v) is 8.52. The second-order valence-corrected chi connectivity index (χ2v) is 7.64. The lowest BCUT2D eigenvalue weighted by Crippen LogP contribution is -2.49. The SMILES string of the molecule is CC(C)NC(=NCC(=O)N(C)C)N1CCC(OC(C)(C)C)CC1.I. The Bertz CT molecular complexity index is 411. The van der Waals surface area contributed by atoms with Gasteiger partial charge in [-0.25, -0.2) is 4.99 Å². The van der Waals surface area contributed by atoms with Gasteiger partial charge in [0.25, 0.3) is 0 Å². The van der Waals surface area contributed by atoms with Gasteiger partial charge in [-0.2, -0.15) is 0 Å². The normalized spacial score (nSPS) is 16.8. The summed E-state index contributed by atoms with van der Waals surface area (Å²) in [7, 11) is 3.51. The van der Waals surface area contributed by atoms with Crippen LogP contribution in [-0.2, 0) is 9.53 Å². The molecule has 1 amide bonds. The van der Waals surface area contributed by atoms with Crippen molar-refractivity contribution in [1.82, 2.24) is 15.1 Å². The van der Waals surface area contributed by atoms with E-state index in [0.717, 1.165) is 31.9 Å². The molecule has 7 heteroatoms. The predicted molar refractivity (Wildman–Crippen MR) is 110 cm³/mol. The van der Waals surface area contributed by atoms with Gasteiger partial charge in [0.15, 0.2) is 5.96 Å². The van der Waals surface area contributed by atoms with Crippen LogP contribution < -0.4 is 5.32 Å². The Kier molecular flexibility index (Phi) is 10.2. The zero-order valence-electron chi connectivity index (χ0n) is 16.3. The molecule has 1 fully saturated rings. The minimum atomic E-state index is -0.0991. The molecule has 0 atom stereocenters. The van der Waals surface area contributed by atoms with E-state index in [1.807, 2.05) is 0 Å². The molecule has 1 aliphatic rings. The fourth-order valence-corrected chi connectivity index (χ4v) is 2.46. The van der Waals surface area contributed by atoms with E-state index in [9.17, 15) is 4.79 Å². The molecule has 0 bridgehead atoms. The molecule has 1 N–H and O–H groups in total. The molecule has 0 aromatic carbocycles. The number of hydrogen-bond acceptors (Lipinski definition) is 3. The Hall–Kier alpha value is -0.570. The van der Waals surface area contributed by atoms with Crippen molar-refractivity contribution in [1.29, 1.82) is 0 Å². The van der Waals surface area contributed by atoms with Gasteiger partial charge in [0, 0.05) is 33.2 Å². The predicted octanol–water partition coefficient (Wildman–Crippen LogP) is 2.33. The van der Waals surface area contributed by atoms with Crippen molar-refractivity contribution in [2.75, 3.05) is 33.7 Å². The Labute approximate surface area is 164 Å². The molecule has 0 saturated carbocycles. The number of guanidine groups is 1. The number of likely N-dealkylation sites (N-methyl/N-ethyl adjacent to an activating group) is 1. The Balaban J connectivity index is 0.00000529. The third kappa shape index (κ3) is 9.05. The van der Waals surface area contributed by atoms with Gasteiger partial charge in [-0.1, -0.05) is 0 Å². The minimum absolute atomic E-state index is 0. The van der Waals surface area contributed by atoms with Gasteiger partial charge in [-0.3, -0.25) is 4.79 Å². The van der Waals surface area contributed by atoms with Crippen LogP contribution in [0, 0.1) is 0 Å². The molecule has 0 radical (unpaired) electrons. The van der Waals surface area contributed by atoms with E-state index in [1.54, 1.807) is 19.0 Å². The number of nitrogens with one attached hydrogen (secondary N) is 1. The molecule has 0 aliphatic carbocycles. The number of amides is 1. The van der Waals surface area contributed by atoms with Crippen LogP contribution in [0.4, 0.5) is 0 Å². The van der Waals surface area contributed by atoms with Crippen LogP contribution in [0.15, 0.2) is 4.99 Å². The monoisotopic (exact) mass is 454 g/mol. The van der Waals surface area contributed by atoms with E-state index in [1.165, 1.54) is 0 Å². The first kappa shape index (κ1) is 23.4. The molecule has 6 nitrogen and oxygen atoms in total. The summed E-state index contributed by atoms with van der Waals surface area (Å²) < 4.78 is 6.07. The summed E-state index contributed by atoms with van der Waals surface area (Å²) in [4.78, 5) is 20.1. The molecule has 24 heavy (non-hydrogen) atoms. The van der Waals surface area contributed by atoms with E-state index >= 15 is 0 Å². The summed E-state index contributed by atoms with van der Waals surface area (Å²) in [6.45, 7) is 12.4. The van der Waals surface area contributed by atoms with Crippen LogP contribution in [-0.4, -0.2) is 73.1 Å². The molecule has 1 rings (SSSR count). The zero-order valence-corrected chi connectivity index (χ0v) is 18.6. The molecule has 1 aliphatic heterocycles. The lowest BCUT2D eigenvalue weighted by molar-refractivity contribution is -0.127. The Morgan fingerprint density at radius 2 is 1.83 bits per heavy atom. The van der Waals surface area contributed by atoms with E-state index in [4.69, 9.17) is 4.74 Å². The average molecular weight is 454 g/mol. The van der Waals surface area contributed by atoms with Crippen LogP contribution in [0.1, 0.15) is 47.5 Å². The number of rotatable bonds is 4. The van der Waals surface area contributed by atoms with Gasteiger partial charge in [-0.05, 0) is 47.5 Å². The highest BCUT2D eigenvalue weighted by Crippen LogP contribution is 2.20. The number of nitrogens with zero attached hydrogens (tertiary/aromatic N) is 3. The topological polar surface area (TPSA) is 57.2 Å². The molecular weight excluding hydrogens is 419 g/mol. The van der Waals surface area contributed by atoms with Crippen LogP contribution in [0.3, 0.4) is 0 Å². The number of aliphatic imine (C=N–C) groups is 1. The van der Waals surface area contributed by atoms with Crippen molar-refractivity contribution in [3.8, 4) is 0 Å². The summed E-state index contributed by atoms with van der Waals surface area (Å²) in [5.41, 5.74) is -0.0991. The van der Waals surface area contributed by atoms with Crippen LogP contribution >= 0.6 is 24.0 Å². The van der Waals surface area contributed by atoms with E-state index in [-0.39, 0.29) is 48.1 Å². The lowest BCUT2D eigenvalue weighted by atomic mass is 10.1. The van der Waals surface area contributed by atoms with Gasteiger partial charge >= 0.3 is 0 Å². The molecule has 142 valence electrons. The Morgan fingerprint density at radius 1 is 1.29 bits per heavy atom. The van der Waals surface area contributed by atoms with Gasteiger partial charge in [0.1, 0.15) is 6.54 Å². The largest absolute Gasteiger partial charge is 0.372 e.